The largest absolute Gasteiger partial charge is 0.450 e. The Kier molecular flexibility index (Phi) is 5.00. The van der Waals surface area contributed by atoms with Crippen LogP contribution < -0.4 is 5.43 Å². The molecular formula is C22H21NO5S. The maximum atomic E-state index is 13.4. The zero-order valence-corrected chi connectivity index (χ0v) is 16.8. The van der Waals surface area contributed by atoms with E-state index < -0.39 is 21.8 Å². The van der Waals surface area contributed by atoms with Gasteiger partial charge in [0.2, 0.25) is 0 Å². The number of sulfone groups is 1. The predicted octanol–water partition coefficient (Wildman–Crippen LogP) is 2.93. The summed E-state index contributed by atoms with van der Waals surface area (Å²) in [5, 5.41) is 0.416. The van der Waals surface area contributed by atoms with Crippen LogP contribution in [-0.2, 0) is 16.4 Å². The van der Waals surface area contributed by atoms with Crippen LogP contribution in [0, 0.1) is 6.92 Å². The Balaban J connectivity index is 1.76. The molecule has 6 nitrogen and oxygen atoms in total. The third-order valence-electron chi connectivity index (χ3n) is 5.27. The van der Waals surface area contributed by atoms with Crippen molar-refractivity contribution in [1.29, 1.82) is 0 Å². The van der Waals surface area contributed by atoms with Crippen LogP contribution in [0.15, 0.2) is 63.8 Å². The average Bonchev–Trinajstić information content (AvgIpc) is 3.06. The molecule has 2 aromatic carbocycles. The first-order chi connectivity index (χ1) is 13.8. The summed E-state index contributed by atoms with van der Waals surface area (Å²) in [7, 11) is -3.18. The summed E-state index contributed by atoms with van der Waals surface area (Å²) < 4.78 is 29.9. The quantitative estimate of drug-likeness (QED) is 0.659. The molecule has 0 spiro atoms. The first kappa shape index (κ1) is 19.4. The number of carbonyl (C=O) groups excluding carboxylic acids is 1. The van der Waals surface area contributed by atoms with Crippen molar-refractivity contribution >= 4 is 26.7 Å². The van der Waals surface area contributed by atoms with Crippen molar-refractivity contribution in [2.45, 2.75) is 25.9 Å². The molecule has 0 N–H and O–H groups in total. The molecular weight excluding hydrogens is 390 g/mol. The van der Waals surface area contributed by atoms with Gasteiger partial charge in [0.1, 0.15) is 5.58 Å². The Hall–Kier alpha value is -2.93. The van der Waals surface area contributed by atoms with E-state index in [1.165, 1.54) is 11.0 Å². The van der Waals surface area contributed by atoms with Crippen LogP contribution in [0.2, 0.25) is 0 Å². The molecule has 2 heterocycles. The van der Waals surface area contributed by atoms with Gasteiger partial charge < -0.3 is 9.32 Å². The van der Waals surface area contributed by atoms with E-state index in [1.54, 1.807) is 12.1 Å². The second kappa shape index (κ2) is 7.48. The van der Waals surface area contributed by atoms with E-state index in [9.17, 15) is 18.0 Å². The minimum atomic E-state index is -3.18. The van der Waals surface area contributed by atoms with E-state index in [-0.39, 0.29) is 29.2 Å². The maximum absolute atomic E-state index is 13.4. The highest BCUT2D eigenvalue weighted by atomic mass is 32.2. The Labute approximate surface area is 168 Å². The Morgan fingerprint density at radius 1 is 1.14 bits per heavy atom. The van der Waals surface area contributed by atoms with Gasteiger partial charge in [-0.15, -0.1) is 0 Å². The summed E-state index contributed by atoms with van der Waals surface area (Å²) >= 11 is 0. The van der Waals surface area contributed by atoms with Crippen LogP contribution in [0.5, 0.6) is 0 Å². The molecule has 0 saturated carbocycles. The summed E-state index contributed by atoms with van der Waals surface area (Å²) in [5.41, 5.74) is 1.72. The number of para-hydroxylation sites is 1. The zero-order chi connectivity index (χ0) is 20.6. The number of carbonyl (C=O) groups is 1. The number of amides is 1. The number of nitrogens with zero attached hydrogens (tertiary/aromatic N) is 1. The molecule has 1 atom stereocenters. The van der Waals surface area contributed by atoms with Crippen molar-refractivity contribution in [2.75, 3.05) is 11.5 Å². The summed E-state index contributed by atoms with van der Waals surface area (Å²) in [4.78, 5) is 27.4. The highest BCUT2D eigenvalue weighted by Crippen LogP contribution is 2.24. The van der Waals surface area contributed by atoms with E-state index in [1.807, 2.05) is 43.3 Å². The van der Waals surface area contributed by atoms with E-state index in [2.05, 4.69) is 0 Å². The van der Waals surface area contributed by atoms with Gasteiger partial charge in [0.15, 0.2) is 21.0 Å². The van der Waals surface area contributed by atoms with Gasteiger partial charge in [-0.25, -0.2) is 8.42 Å². The van der Waals surface area contributed by atoms with Crippen molar-refractivity contribution in [1.82, 2.24) is 4.90 Å². The predicted molar refractivity (Wildman–Crippen MR) is 111 cm³/mol. The van der Waals surface area contributed by atoms with E-state index in [0.717, 1.165) is 11.1 Å². The Morgan fingerprint density at radius 3 is 2.59 bits per heavy atom. The third-order valence-corrected chi connectivity index (χ3v) is 7.02. The molecule has 1 fully saturated rings. The van der Waals surface area contributed by atoms with Crippen molar-refractivity contribution in [3.8, 4) is 0 Å². The van der Waals surface area contributed by atoms with Crippen LogP contribution in [0.3, 0.4) is 0 Å². The fourth-order valence-electron chi connectivity index (χ4n) is 3.73. The number of benzene rings is 2. The molecule has 0 radical (unpaired) electrons. The minimum Gasteiger partial charge on any atom is -0.450 e. The lowest BCUT2D eigenvalue weighted by Crippen LogP contribution is -2.40. The van der Waals surface area contributed by atoms with Gasteiger partial charge >= 0.3 is 0 Å². The van der Waals surface area contributed by atoms with Gasteiger partial charge in [-0.05, 0) is 30.5 Å². The Morgan fingerprint density at radius 2 is 1.90 bits per heavy atom. The summed E-state index contributed by atoms with van der Waals surface area (Å²) in [6, 6.07) is 15.3. The normalized spacial score (nSPS) is 18.0. The van der Waals surface area contributed by atoms with Crippen molar-refractivity contribution in [2.24, 2.45) is 0 Å². The minimum absolute atomic E-state index is 0.0526. The number of rotatable bonds is 4. The monoisotopic (exact) mass is 411 g/mol. The lowest BCUT2D eigenvalue weighted by atomic mass is 10.1. The molecule has 0 aliphatic carbocycles. The molecule has 4 rings (SSSR count). The molecule has 1 aliphatic heterocycles. The topological polar surface area (TPSA) is 84.7 Å². The number of aryl methyl sites for hydroxylation is 1. The highest BCUT2D eigenvalue weighted by Gasteiger charge is 2.36. The lowest BCUT2D eigenvalue weighted by Gasteiger charge is -2.28. The van der Waals surface area contributed by atoms with Gasteiger partial charge in [0.25, 0.3) is 5.91 Å². The average molecular weight is 411 g/mol. The van der Waals surface area contributed by atoms with Crippen LogP contribution in [0.25, 0.3) is 11.0 Å². The molecule has 150 valence electrons. The summed E-state index contributed by atoms with van der Waals surface area (Å²) in [6.07, 6.45) is 0.373. The fourth-order valence-corrected chi connectivity index (χ4v) is 5.46. The van der Waals surface area contributed by atoms with Gasteiger partial charge in [-0.3, -0.25) is 9.59 Å². The van der Waals surface area contributed by atoms with Gasteiger partial charge in [-0.1, -0.05) is 42.5 Å². The van der Waals surface area contributed by atoms with Crippen LogP contribution in [0.1, 0.15) is 28.1 Å². The lowest BCUT2D eigenvalue weighted by molar-refractivity contribution is 0.0648. The van der Waals surface area contributed by atoms with E-state index in [4.69, 9.17) is 4.42 Å². The number of fused-ring (bicyclic) bond motifs is 1. The van der Waals surface area contributed by atoms with Crippen molar-refractivity contribution in [3.63, 3.8) is 0 Å². The van der Waals surface area contributed by atoms with Gasteiger partial charge in [-0.2, -0.15) is 0 Å². The van der Waals surface area contributed by atoms with Crippen LogP contribution in [0.4, 0.5) is 0 Å². The van der Waals surface area contributed by atoms with Crippen LogP contribution in [-0.4, -0.2) is 36.8 Å². The molecule has 1 aliphatic rings. The van der Waals surface area contributed by atoms with Gasteiger partial charge in [0, 0.05) is 18.7 Å². The van der Waals surface area contributed by atoms with E-state index in [0.29, 0.717) is 17.4 Å². The summed E-state index contributed by atoms with van der Waals surface area (Å²) in [6.45, 7) is 2.06. The smallest absolute Gasteiger partial charge is 0.290 e. The molecule has 1 unspecified atom stereocenters. The fraction of sp³-hybridized carbons (Fsp3) is 0.273. The molecule has 1 aromatic heterocycles. The summed E-state index contributed by atoms with van der Waals surface area (Å²) in [5.74, 6) is -0.574. The second-order valence-electron chi connectivity index (χ2n) is 7.40. The van der Waals surface area contributed by atoms with Crippen molar-refractivity contribution < 1.29 is 17.6 Å². The SMILES string of the molecule is Cc1cccc2c(=O)cc(C(=O)N(Cc3ccccc3)C3CCS(=O)(=O)C3)oc12. The standard InChI is InChI=1S/C22H21NO5S/c1-15-6-5-9-18-19(24)12-20(28-21(15)18)22(25)23(13-16-7-3-2-4-8-16)17-10-11-29(26,27)14-17/h2-9,12,17H,10-11,13-14H2,1H3. The second-order valence-corrected chi connectivity index (χ2v) is 9.63. The number of hydrogen-bond donors (Lipinski definition) is 0. The molecule has 1 saturated heterocycles. The number of hydrogen-bond acceptors (Lipinski definition) is 5. The van der Waals surface area contributed by atoms with Crippen molar-refractivity contribution in [3.05, 3.63) is 81.7 Å². The molecule has 0 bridgehead atoms. The third kappa shape index (κ3) is 3.96. The molecule has 7 heteroatoms. The van der Waals surface area contributed by atoms with E-state index >= 15 is 0 Å². The highest BCUT2D eigenvalue weighted by molar-refractivity contribution is 7.91. The molecule has 29 heavy (non-hydrogen) atoms. The van der Waals surface area contributed by atoms with Crippen LogP contribution >= 0.6 is 0 Å². The van der Waals surface area contributed by atoms with Gasteiger partial charge in [0.05, 0.1) is 16.9 Å². The molecule has 3 aromatic rings. The first-order valence-corrected chi connectivity index (χ1v) is 11.2. The molecule has 1 amide bonds. The maximum Gasteiger partial charge on any atom is 0.290 e. The first-order valence-electron chi connectivity index (χ1n) is 9.43. The Bertz CT molecular complexity index is 1230. The zero-order valence-electron chi connectivity index (χ0n) is 16.0.